The van der Waals surface area contributed by atoms with E-state index in [4.69, 9.17) is 0 Å². The van der Waals surface area contributed by atoms with Gasteiger partial charge < -0.3 is 4.90 Å². The van der Waals surface area contributed by atoms with E-state index in [1.54, 1.807) is 0 Å². The van der Waals surface area contributed by atoms with Crippen molar-refractivity contribution < 1.29 is 4.79 Å². The molecule has 0 aromatic carbocycles. The van der Waals surface area contributed by atoms with Gasteiger partial charge in [-0.2, -0.15) is 0 Å². The van der Waals surface area contributed by atoms with Gasteiger partial charge in [-0.1, -0.05) is 18.3 Å². The minimum Gasteiger partial charge on any atom is -0.340 e. The van der Waals surface area contributed by atoms with Crippen LogP contribution >= 0.6 is 11.5 Å². The van der Waals surface area contributed by atoms with Crippen LogP contribution in [0.2, 0.25) is 0 Å². The van der Waals surface area contributed by atoms with E-state index in [2.05, 4.69) is 33.2 Å². The number of amides is 1. The van der Waals surface area contributed by atoms with Gasteiger partial charge in [0.1, 0.15) is 0 Å². The standard InChI is InChI=1S/C15H24N4OS/c1-11(2)15-13(21-17-16-15)10-18-8-5-12(6-9-18)19-7-3-4-14(19)20/h11-12H,3-10H2,1-2H3. The number of likely N-dealkylation sites (tertiary alicyclic amines) is 2. The molecule has 2 aliphatic heterocycles. The van der Waals surface area contributed by atoms with Crippen LogP contribution in [-0.2, 0) is 11.3 Å². The summed E-state index contributed by atoms with van der Waals surface area (Å²) in [7, 11) is 0. The summed E-state index contributed by atoms with van der Waals surface area (Å²) in [5.41, 5.74) is 1.15. The monoisotopic (exact) mass is 308 g/mol. The molecule has 0 spiro atoms. The molecule has 1 aromatic heterocycles. The van der Waals surface area contributed by atoms with Gasteiger partial charge in [0.05, 0.1) is 10.6 Å². The minimum absolute atomic E-state index is 0.363. The van der Waals surface area contributed by atoms with Gasteiger partial charge in [0.2, 0.25) is 5.91 Å². The normalized spacial score (nSPS) is 21.7. The highest BCUT2D eigenvalue weighted by Crippen LogP contribution is 2.25. The maximum atomic E-state index is 11.8. The van der Waals surface area contributed by atoms with Crippen molar-refractivity contribution in [3.05, 3.63) is 10.6 Å². The Bertz CT molecular complexity index is 494. The summed E-state index contributed by atoms with van der Waals surface area (Å²) >= 11 is 1.53. The smallest absolute Gasteiger partial charge is 0.222 e. The molecule has 0 N–H and O–H groups in total. The summed E-state index contributed by atoms with van der Waals surface area (Å²) in [6.45, 7) is 8.43. The van der Waals surface area contributed by atoms with Crippen LogP contribution in [0.3, 0.4) is 0 Å². The summed E-state index contributed by atoms with van der Waals surface area (Å²) in [6.07, 6.45) is 4.01. The van der Waals surface area contributed by atoms with Gasteiger partial charge in [0.25, 0.3) is 0 Å². The molecule has 3 rings (SSSR count). The lowest BCUT2D eigenvalue weighted by Crippen LogP contribution is -2.45. The molecule has 0 atom stereocenters. The number of aromatic nitrogens is 2. The summed E-state index contributed by atoms with van der Waals surface area (Å²) in [6, 6.07) is 0.473. The predicted octanol–water partition coefficient (Wildman–Crippen LogP) is 2.25. The van der Waals surface area contributed by atoms with Gasteiger partial charge in [0.15, 0.2) is 0 Å². The van der Waals surface area contributed by atoms with Crippen LogP contribution in [0.25, 0.3) is 0 Å². The molecule has 3 heterocycles. The molecule has 116 valence electrons. The van der Waals surface area contributed by atoms with Crippen molar-refractivity contribution in [1.82, 2.24) is 19.4 Å². The van der Waals surface area contributed by atoms with Gasteiger partial charge >= 0.3 is 0 Å². The lowest BCUT2D eigenvalue weighted by atomic mass is 10.0. The average Bonchev–Trinajstić information content (AvgIpc) is 3.09. The van der Waals surface area contributed by atoms with Crippen LogP contribution in [-0.4, -0.2) is 51.0 Å². The van der Waals surface area contributed by atoms with E-state index in [-0.39, 0.29) is 0 Å². The first kappa shape index (κ1) is 14.9. The number of nitrogens with zero attached hydrogens (tertiary/aromatic N) is 4. The first-order valence-electron chi connectivity index (χ1n) is 7.98. The first-order valence-corrected chi connectivity index (χ1v) is 8.75. The summed E-state index contributed by atoms with van der Waals surface area (Å²) in [4.78, 5) is 17.7. The van der Waals surface area contributed by atoms with Crippen molar-refractivity contribution >= 4 is 17.4 Å². The van der Waals surface area contributed by atoms with E-state index >= 15 is 0 Å². The molecular formula is C15H24N4OS. The maximum absolute atomic E-state index is 11.8. The highest BCUT2D eigenvalue weighted by Gasteiger charge is 2.31. The molecule has 5 nitrogen and oxygen atoms in total. The number of piperidine rings is 1. The largest absolute Gasteiger partial charge is 0.340 e. The van der Waals surface area contributed by atoms with E-state index in [1.165, 1.54) is 16.4 Å². The van der Waals surface area contributed by atoms with E-state index in [0.29, 0.717) is 17.9 Å². The van der Waals surface area contributed by atoms with Crippen LogP contribution in [0.5, 0.6) is 0 Å². The first-order chi connectivity index (χ1) is 10.1. The fraction of sp³-hybridized carbons (Fsp3) is 0.800. The van der Waals surface area contributed by atoms with Crippen molar-refractivity contribution in [2.75, 3.05) is 19.6 Å². The Morgan fingerprint density at radius 3 is 2.67 bits per heavy atom. The van der Waals surface area contributed by atoms with Gasteiger partial charge in [-0.3, -0.25) is 9.69 Å². The molecule has 2 fully saturated rings. The molecule has 2 aliphatic rings. The number of hydrogen-bond acceptors (Lipinski definition) is 5. The molecule has 0 saturated carbocycles. The van der Waals surface area contributed by atoms with Crippen molar-refractivity contribution in [2.24, 2.45) is 0 Å². The molecular weight excluding hydrogens is 284 g/mol. The second kappa shape index (κ2) is 6.40. The number of hydrogen-bond donors (Lipinski definition) is 0. The third-order valence-corrected chi connectivity index (χ3v) is 5.33. The van der Waals surface area contributed by atoms with E-state index in [9.17, 15) is 4.79 Å². The zero-order valence-corrected chi connectivity index (χ0v) is 13.7. The zero-order valence-electron chi connectivity index (χ0n) is 12.9. The number of carbonyl (C=O) groups is 1. The minimum atomic E-state index is 0.363. The predicted molar refractivity (Wildman–Crippen MR) is 83.2 cm³/mol. The average molecular weight is 308 g/mol. The van der Waals surface area contributed by atoms with Crippen LogP contribution < -0.4 is 0 Å². The SMILES string of the molecule is CC(C)c1nnsc1CN1CCC(N2CCCC2=O)CC1. The third-order valence-electron chi connectivity index (χ3n) is 4.61. The molecule has 0 radical (unpaired) electrons. The van der Waals surface area contributed by atoms with Gasteiger partial charge in [-0.05, 0) is 36.7 Å². The third kappa shape index (κ3) is 3.26. The van der Waals surface area contributed by atoms with Crippen LogP contribution in [0, 0.1) is 0 Å². The maximum Gasteiger partial charge on any atom is 0.222 e. The molecule has 0 aliphatic carbocycles. The van der Waals surface area contributed by atoms with Crippen molar-refractivity contribution in [3.8, 4) is 0 Å². The van der Waals surface area contributed by atoms with Crippen molar-refractivity contribution in [1.29, 1.82) is 0 Å². The second-order valence-corrected chi connectivity index (χ2v) is 7.27. The van der Waals surface area contributed by atoms with Crippen LogP contribution in [0.1, 0.15) is 56.0 Å². The molecule has 0 bridgehead atoms. The summed E-state index contributed by atoms with van der Waals surface area (Å²) in [5.74, 6) is 0.806. The molecule has 1 amide bonds. The van der Waals surface area contributed by atoms with Crippen molar-refractivity contribution in [2.45, 2.75) is 58.0 Å². The van der Waals surface area contributed by atoms with Crippen molar-refractivity contribution in [3.63, 3.8) is 0 Å². The Balaban J connectivity index is 1.54. The molecule has 0 unspecified atom stereocenters. The van der Waals surface area contributed by atoms with Gasteiger partial charge in [-0.25, -0.2) is 0 Å². The quantitative estimate of drug-likeness (QED) is 0.856. The fourth-order valence-corrected chi connectivity index (χ4v) is 4.25. The lowest BCUT2D eigenvalue weighted by molar-refractivity contribution is -0.130. The number of carbonyl (C=O) groups excluding carboxylic acids is 1. The van der Waals surface area contributed by atoms with Crippen LogP contribution in [0.4, 0.5) is 0 Å². The molecule has 6 heteroatoms. The Morgan fingerprint density at radius 2 is 2.05 bits per heavy atom. The number of rotatable bonds is 4. The zero-order chi connectivity index (χ0) is 14.8. The molecule has 21 heavy (non-hydrogen) atoms. The van der Waals surface area contributed by atoms with Gasteiger partial charge in [0, 0.05) is 38.6 Å². The Hall–Kier alpha value is -1.01. The highest BCUT2D eigenvalue weighted by molar-refractivity contribution is 7.05. The Kier molecular flexibility index (Phi) is 4.54. The lowest BCUT2D eigenvalue weighted by Gasteiger charge is -2.36. The Morgan fingerprint density at radius 1 is 1.29 bits per heavy atom. The molecule has 1 aromatic rings. The van der Waals surface area contributed by atoms with Gasteiger partial charge in [-0.15, -0.1) is 5.10 Å². The van der Waals surface area contributed by atoms with E-state index < -0.39 is 0 Å². The topological polar surface area (TPSA) is 49.3 Å². The summed E-state index contributed by atoms with van der Waals surface area (Å²) < 4.78 is 4.11. The molecule has 2 saturated heterocycles. The second-order valence-electron chi connectivity index (χ2n) is 6.43. The Labute approximate surface area is 130 Å². The summed E-state index contributed by atoms with van der Waals surface area (Å²) in [5, 5.41) is 4.26. The van der Waals surface area contributed by atoms with E-state index in [1.807, 2.05) is 0 Å². The van der Waals surface area contributed by atoms with E-state index in [0.717, 1.165) is 57.6 Å². The van der Waals surface area contributed by atoms with Crippen LogP contribution in [0.15, 0.2) is 0 Å². The fourth-order valence-electron chi connectivity index (χ4n) is 3.41. The highest BCUT2D eigenvalue weighted by atomic mass is 32.1.